The van der Waals surface area contributed by atoms with E-state index < -0.39 is 6.04 Å². The number of amides is 2. The smallest absolute Gasteiger partial charge is 0.243 e. The summed E-state index contributed by atoms with van der Waals surface area (Å²) in [6.45, 7) is 2.78. The second kappa shape index (κ2) is 9.80. The summed E-state index contributed by atoms with van der Waals surface area (Å²) in [6, 6.07) is 6.83. The van der Waals surface area contributed by atoms with E-state index in [4.69, 9.17) is 10.5 Å². The molecule has 146 valence electrons. The summed E-state index contributed by atoms with van der Waals surface area (Å²) in [5.41, 5.74) is 8.49. The SMILES string of the molecule is CC(=O)Nc1ccc(-c2csc(NC(=O)C(N)C3CCOCC3)n2)cc1.Cl. The summed E-state index contributed by atoms with van der Waals surface area (Å²) < 4.78 is 5.31. The minimum atomic E-state index is -0.553. The monoisotopic (exact) mass is 410 g/mol. The van der Waals surface area contributed by atoms with Gasteiger partial charge in [0.15, 0.2) is 5.13 Å². The first kappa shape index (κ1) is 21.3. The Morgan fingerprint density at radius 2 is 1.89 bits per heavy atom. The van der Waals surface area contributed by atoms with E-state index in [1.165, 1.54) is 18.3 Å². The topological polar surface area (TPSA) is 106 Å². The van der Waals surface area contributed by atoms with Crippen LogP contribution in [0.4, 0.5) is 10.8 Å². The van der Waals surface area contributed by atoms with Crippen molar-refractivity contribution in [2.75, 3.05) is 23.8 Å². The Hall–Kier alpha value is -2.00. The average molecular weight is 411 g/mol. The molecule has 0 bridgehead atoms. The number of rotatable bonds is 5. The summed E-state index contributed by atoms with van der Waals surface area (Å²) >= 11 is 1.36. The predicted molar refractivity (Wildman–Crippen MR) is 109 cm³/mol. The van der Waals surface area contributed by atoms with Crippen LogP contribution in [0, 0.1) is 5.92 Å². The fraction of sp³-hybridized carbons (Fsp3) is 0.389. The zero-order valence-electron chi connectivity index (χ0n) is 14.9. The van der Waals surface area contributed by atoms with E-state index in [0.717, 1.165) is 29.8 Å². The Bertz CT molecular complexity index is 775. The molecule has 1 fully saturated rings. The summed E-state index contributed by atoms with van der Waals surface area (Å²) in [6.07, 6.45) is 1.61. The molecule has 4 N–H and O–H groups in total. The number of carbonyl (C=O) groups is 2. The minimum Gasteiger partial charge on any atom is -0.381 e. The van der Waals surface area contributed by atoms with Gasteiger partial charge in [-0.05, 0) is 30.9 Å². The minimum absolute atomic E-state index is 0. The molecule has 7 nitrogen and oxygen atoms in total. The van der Waals surface area contributed by atoms with Crippen molar-refractivity contribution in [1.29, 1.82) is 0 Å². The van der Waals surface area contributed by atoms with Crippen molar-refractivity contribution < 1.29 is 14.3 Å². The van der Waals surface area contributed by atoms with Gasteiger partial charge in [0.25, 0.3) is 0 Å². The standard InChI is InChI=1S/C18H22N4O3S.ClH/c1-11(23)20-14-4-2-12(3-5-14)15-10-26-18(21-15)22-17(24)16(19)13-6-8-25-9-7-13;/h2-5,10,13,16H,6-9,19H2,1H3,(H,20,23)(H,21,22,24);1H. The van der Waals surface area contributed by atoms with Crippen molar-refractivity contribution in [1.82, 2.24) is 4.98 Å². The molecule has 1 aliphatic heterocycles. The average Bonchev–Trinajstić information content (AvgIpc) is 3.10. The third kappa shape index (κ3) is 5.74. The van der Waals surface area contributed by atoms with E-state index in [1.807, 2.05) is 29.6 Å². The molecule has 0 aliphatic carbocycles. The van der Waals surface area contributed by atoms with Crippen molar-refractivity contribution in [2.45, 2.75) is 25.8 Å². The number of thiazole rings is 1. The predicted octanol–water partition coefficient (Wildman–Crippen LogP) is 2.88. The van der Waals surface area contributed by atoms with Gasteiger partial charge in [0.05, 0.1) is 11.7 Å². The molecule has 2 amide bonds. The van der Waals surface area contributed by atoms with Crippen molar-refractivity contribution in [3.8, 4) is 11.3 Å². The number of hydrogen-bond acceptors (Lipinski definition) is 6. The van der Waals surface area contributed by atoms with Crippen LogP contribution in [-0.4, -0.2) is 36.1 Å². The zero-order valence-corrected chi connectivity index (χ0v) is 16.6. The fourth-order valence-corrected chi connectivity index (χ4v) is 3.59. The highest BCUT2D eigenvalue weighted by molar-refractivity contribution is 7.14. The van der Waals surface area contributed by atoms with Gasteiger partial charge in [-0.25, -0.2) is 4.98 Å². The Kier molecular flexibility index (Phi) is 7.73. The molecule has 27 heavy (non-hydrogen) atoms. The molecule has 1 aromatic carbocycles. The van der Waals surface area contributed by atoms with Crippen LogP contribution in [0.3, 0.4) is 0 Å². The van der Waals surface area contributed by atoms with Gasteiger partial charge >= 0.3 is 0 Å². The second-order valence-corrected chi connectivity index (χ2v) is 7.12. The van der Waals surface area contributed by atoms with E-state index in [0.29, 0.717) is 18.3 Å². The number of aromatic nitrogens is 1. The maximum atomic E-state index is 12.4. The number of anilines is 2. The van der Waals surface area contributed by atoms with Gasteiger partial charge < -0.3 is 21.1 Å². The number of nitrogens with zero attached hydrogens (tertiary/aromatic N) is 1. The Labute approximate surface area is 168 Å². The highest BCUT2D eigenvalue weighted by Crippen LogP contribution is 2.26. The molecule has 1 atom stereocenters. The van der Waals surface area contributed by atoms with E-state index in [2.05, 4.69) is 15.6 Å². The van der Waals surface area contributed by atoms with Gasteiger partial charge in [-0.2, -0.15) is 0 Å². The summed E-state index contributed by atoms with van der Waals surface area (Å²) in [7, 11) is 0. The van der Waals surface area contributed by atoms with Crippen LogP contribution in [-0.2, 0) is 14.3 Å². The number of ether oxygens (including phenoxy) is 1. The van der Waals surface area contributed by atoms with E-state index >= 15 is 0 Å². The molecule has 1 unspecified atom stereocenters. The lowest BCUT2D eigenvalue weighted by Gasteiger charge is -2.26. The first-order chi connectivity index (χ1) is 12.5. The van der Waals surface area contributed by atoms with Crippen LogP contribution < -0.4 is 16.4 Å². The molecular weight excluding hydrogens is 388 g/mol. The fourth-order valence-electron chi connectivity index (χ4n) is 2.87. The van der Waals surface area contributed by atoms with Gasteiger partial charge in [0.1, 0.15) is 0 Å². The Morgan fingerprint density at radius 3 is 2.52 bits per heavy atom. The number of nitrogens with one attached hydrogen (secondary N) is 2. The maximum Gasteiger partial charge on any atom is 0.243 e. The molecular formula is C18H23ClN4O3S. The highest BCUT2D eigenvalue weighted by Gasteiger charge is 2.27. The number of halogens is 1. The molecule has 2 heterocycles. The molecule has 0 spiro atoms. The molecule has 0 radical (unpaired) electrons. The van der Waals surface area contributed by atoms with Gasteiger partial charge in [0.2, 0.25) is 11.8 Å². The maximum absolute atomic E-state index is 12.4. The van der Waals surface area contributed by atoms with Crippen LogP contribution >= 0.6 is 23.7 Å². The third-order valence-electron chi connectivity index (χ3n) is 4.31. The third-order valence-corrected chi connectivity index (χ3v) is 5.07. The van der Waals surface area contributed by atoms with Gasteiger partial charge in [0, 0.05) is 36.8 Å². The highest BCUT2D eigenvalue weighted by atomic mass is 35.5. The van der Waals surface area contributed by atoms with Gasteiger partial charge in [-0.1, -0.05) is 12.1 Å². The van der Waals surface area contributed by atoms with Crippen LogP contribution in [0.2, 0.25) is 0 Å². The lowest BCUT2D eigenvalue weighted by atomic mass is 9.92. The first-order valence-electron chi connectivity index (χ1n) is 8.50. The van der Waals surface area contributed by atoms with Crippen LogP contribution in [0.5, 0.6) is 0 Å². The number of benzene rings is 1. The largest absolute Gasteiger partial charge is 0.381 e. The lowest BCUT2D eigenvalue weighted by Crippen LogP contribution is -2.43. The molecule has 1 aromatic heterocycles. The second-order valence-electron chi connectivity index (χ2n) is 6.26. The lowest BCUT2D eigenvalue weighted by molar-refractivity contribution is -0.119. The summed E-state index contributed by atoms with van der Waals surface area (Å²) in [4.78, 5) is 27.9. The van der Waals surface area contributed by atoms with Crippen molar-refractivity contribution in [2.24, 2.45) is 11.7 Å². The summed E-state index contributed by atoms with van der Waals surface area (Å²) in [5, 5.41) is 7.94. The number of nitrogens with two attached hydrogens (primary N) is 1. The van der Waals surface area contributed by atoms with Crippen molar-refractivity contribution in [3.63, 3.8) is 0 Å². The van der Waals surface area contributed by atoms with E-state index in [9.17, 15) is 9.59 Å². The number of hydrogen-bond donors (Lipinski definition) is 3. The van der Waals surface area contributed by atoms with Crippen LogP contribution in [0.15, 0.2) is 29.6 Å². The molecule has 3 rings (SSSR count). The van der Waals surface area contributed by atoms with Crippen molar-refractivity contribution >= 4 is 46.4 Å². The molecule has 0 saturated carbocycles. The van der Waals surface area contributed by atoms with Gasteiger partial charge in [-0.15, -0.1) is 23.7 Å². The number of carbonyl (C=O) groups excluding carboxylic acids is 2. The Morgan fingerprint density at radius 1 is 1.22 bits per heavy atom. The quantitative estimate of drug-likeness (QED) is 0.702. The first-order valence-corrected chi connectivity index (χ1v) is 9.38. The van der Waals surface area contributed by atoms with E-state index in [-0.39, 0.29) is 30.1 Å². The molecule has 1 saturated heterocycles. The Balaban J connectivity index is 0.00000261. The van der Waals surface area contributed by atoms with Gasteiger partial charge in [-0.3, -0.25) is 9.59 Å². The summed E-state index contributed by atoms with van der Waals surface area (Å²) in [5.74, 6) is -0.180. The van der Waals surface area contributed by atoms with Crippen LogP contribution in [0.25, 0.3) is 11.3 Å². The van der Waals surface area contributed by atoms with Crippen molar-refractivity contribution in [3.05, 3.63) is 29.6 Å². The normalized spacial score (nSPS) is 15.5. The molecule has 9 heteroatoms. The molecule has 1 aliphatic rings. The van der Waals surface area contributed by atoms with Crippen LogP contribution in [0.1, 0.15) is 19.8 Å². The zero-order chi connectivity index (χ0) is 18.5. The van der Waals surface area contributed by atoms with E-state index in [1.54, 1.807) is 0 Å². The molecule has 2 aromatic rings.